The third-order valence-electron chi connectivity index (χ3n) is 1.92. The number of hydrogen-bond acceptors (Lipinski definition) is 3. The van der Waals surface area contributed by atoms with Crippen LogP contribution >= 0.6 is 24.0 Å². The Morgan fingerprint density at radius 3 is 2.88 bits per heavy atom. The van der Waals surface area contributed by atoms with Gasteiger partial charge in [-0.3, -0.25) is 0 Å². The van der Waals surface area contributed by atoms with E-state index in [0.29, 0.717) is 13.2 Å². The van der Waals surface area contributed by atoms with Crippen LogP contribution in [-0.4, -0.2) is 32.8 Å². The number of furan rings is 1. The molecule has 0 radical (unpaired) electrons. The lowest BCUT2D eigenvalue weighted by Crippen LogP contribution is -2.38. The summed E-state index contributed by atoms with van der Waals surface area (Å²) in [6.07, 6.45) is 1.65. The summed E-state index contributed by atoms with van der Waals surface area (Å²) in [5, 5.41) is 6.30. The first kappa shape index (κ1) is 16.2. The van der Waals surface area contributed by atoms with Crippen LogP contribution in [0, 0.1) is 0 Å². The van der Waals surface area contributed by atoms with Crippen molar-refractivity contribution in [2.75, 3.05) is 26.8 Å². The van der Waals surface area contributed by atoms with Crippen molar-refractivity contribution in [1.82, 2.24) is 10.6 Å². The predicted octanol–water partition coefficient (Wildman–Crippen LogP) is 1.60. The van der Waals surface area contributed by atoms with Crippen molar-refractivity contribution in [3.05, 3.63) is 24.2 Å². The van der Waals surface area contributed by atoms with Crippen molar-refractivity contribution < 1.29 is 9.15 Å². The Kier molecular flexibility index (Phi) is 9.93. The van der Waals surface area contributed by atoms with Crippen molar-refractivity contribution in [2.24, 2.45) is 4.99 Å². The van der Waals surface area contributed by atoms with E-state index in [0.717, 1.165) is 24.8 Å². The summed E-state index contributed by atoms with van der Waals surface area (Å²) >= 11 is 0. The average Bonchev–Trinajstić information content (AvgIpc) is 2.79. The van der Waals surface area contributed by atoms with Gasteiger partial charge < -0.3 is 19.8 Å². The molecule has 6 heteroatoms. The second-order valence-corrected chi connectivity index (χ2v) is 3.19. The molecule has 0 unspecified atom stereocenters. The zero-order chi connectivity index (χ0) is 11.6. The Morgan fingerprint density at radius 1 is 1.47 bits per heavy atom. The molecule has 2 N–H and O–H groups in total. The summed E-state index contributed by atoms with van der Waals surface area (Å²) in [6, 6.07) is 3.76. The molecule has 0 saturated heterocycles. The zero-order valence-electron chi connectivity index (χ0n) is 10.2. The molecule has 1 aromatic heterocycles. The first-order chi connectivity index (χ1) is 7.86. The third-order valence-corrected chi connectivity index (χ3v) is 1.92. The van der Waals surface area contributed by atoms with Gasteiger partial charge in [-0.15, -0.1) is 24.0 Å². The molecule has 1 rings (SSSR count). The molecular formula is C11H20IN3O2. The molecule has 1 heterocycles. The SMILES string of the molecule is CCNC(=NCc1ccco1)NCCOC.I. The van der Waals surface area contributed by atoms with Crippen LogP contribution in [0.15, 0.2) is 27.8 Å². The first-order valence-corrected chi connectivity index (χ1v) is 5.40. The third kappa shape index (κ3) is 7.22. The number of nitrogens with zero attached hydrogens (tertiary/aromatic N) is 1. The van der Waals surface area contributed by atoms with Gasteiger partial charge in [0.1, 0.15) is 12.3 Å². The molecule has 0 aliphatic heterocycles. The van der Waals surface area contributed by atoms with Gasteiger partial charge in [0.2, 0.25) is 0 Å². The predicted molar refractivity (Wildman–Crippen MR) is 78.8 cm³/mol. The van der Waals surface area contributed by atoms with E-state index >= 15 is 0 Å². The van der Waals surface area contributed by atoms with E-state index in [2.05, 4.69) is 15.6 Å². The number of methoxy groups -OCH3 is 1. The summed E-state index contributed by atoms with van der Waals surface area (Å²) in [7, 11) is 1.68. The van der Waals surface area contributed by atoms with Gasteiger partial charge in [-0.25, -0.2) is 4.99 Å². The highest BCUT2D eigenvalue weighted by Crippen LogP contribution is 2.00. The van der Waals surface area contributed by atoms with E-state index in [9.17, 15) is 0 Å². The quantitative estimate of drug-likeness (QED) is 0.353. The molecule has 0 fully saturated rings. The number of nitrogens with one attached hydrogen (secondary N) is 2. The summed E-state index contributed by atoms with van der Waals surface area (Å²) in [5.41, 5.74) is 0. The zero-order valence-corrected chi connectivity index (χ0v) is 12.6. The molecule has 0 aromatic carbocycles. The van der Waals surface area contributed by atoms with Crippen LogP contribution in [0.2, 0.25) is 0 Å². The van der Waals surface area contributed by atoms with Gasteiger partial charge in [-0.2, -0.15) is 0 Å². The fourth-order valence-corrected chi connectivity index (χ4v) is 1.17. The van der Waals surface area contributed by atoms with Crippen LogP contribution < -0.4 is 10.6 Å². The molecule has 1 aromatic rings. The Hall–Kier alpha value is -0.760. The lowest BCUT2D eigenvalue weighted by molar-refractivity contribution is 0.203. The largest absolute Gasteiger partial charge is 0.467 e. The Morgan fingerprint density at radius 2 is 2.29 bits per heavy atom. The van der Waals surface area contributed by atoms with Crippen LogP contribution in [0.3, 0.4) is 0 Å². The molecule has 0 amide bonds. The second kappa shape index (κ2) is 10.4. The molecule has 5 nitrogen and oxygen atoms in total. The maximum atomic E-state index is 5.20. The van der Waals surface area contributed by atoms with Crippen molar-refractivity contribution in [3.8, 4) is 0 Å². The Labute approximate surface area is 119 Å². The van der Waals surface area contributed by atoms with E-state index in [1.54, 1.807) is 13.4 Å². The monoisotopic (exact) mass is 353 g/mol. The van der Waals surface area contributed by atoms with Crippen LogP contribution in [0.25, 0.3) is 0 Å². The molecule has 0 atom stereocenters. The maximum absolute atomic E-state index is 5.20. The number of guanidine groups is 1. The van der Waals surface area contributed by atoms with Crippen LogP contribution in [0.1, 0.15) is 12.7 Å². The minimum atomic E-state index is 0. The van der Waals surface area contributed by atoms with Crippen LogP contribution in [-0.2, 0) is 11.3 Å². The molecule has 0 aliphatic carbocycles. The van der Waals surface area contributed by atoms with Gasteiger partial charge in [0.15, 0.2) is 5.96 Å². The fraction of sp³-hybridized carbons (Fsp3) is 0.545. The fourth-order valence-electron chi connectivity index (χ4n) is 1.17. The Bertz CT molecular complexity index is 302. The van der Waals surface area contributed by atoms with Gasteiger partial charge in [0.05, 0.1) is 12.9 Å². The number of aliphatic imine (C=N–C) groups is 1. The maximum Gasteiger partial charge on any atom is 0.191 e. The van der Waals surface area contributed by atoms with Crippen molar-refractivity contribution in [3.63, 3.8) is 0 Å². The van der Waals surface area contributed by atoms with Gasteiger partial charge in [-0.1, -0.05) is 0 Å². The summed E-state index contributed by atoms with van der Waals surface area (Å²) in [4.78, 5) is 4.37. The normalized spacial score (nSPS) is 10.8. The second-order valence-electron chi connectivity index (χ2n) is 3.19. The Balaban J connectivity index is 0.00000256. The smallest absolute Gasteiger partial charge is 0.191 e. The number of rotatable bonds is 6. The van der Waals surface area contributed by atoms with E-state index in [4.69, 9.17) is 9.15 Å². The van der Waals surface area contributed by atoms with Crippen molar-refractivity contribution in [2.45, 2.75) is 13.5 Å². The first-order valence-electron chi connectivity index (χ1n) is 5.40. The van der Waals surface area contributed by atoms with E-state index in [1.807, 2.05) is 19.1 Å². The van der Waals surface area contributed by atoms with Gasteiger partial charge in [0.25, 0.3) is 0 Å². The van der Waals surface area contributed by atoms with E-state index < -0.39 is 0 Å². The molecule has 0 bridgehead atoms. The molecule has 0 saturated carbocycles. The molecule has 98 valence electrons. The highest BCUT2D eigenvalue weighted by atomic mass is 127. The minimum Gasteiger partial charge on any atom is -0.467 e. The molecule has 17 heavy (non-hydrogen) atoms. The lowest BCUT2D eigenvalue weighted by Gasteiger charge is -2.10. The van der Waals surface area contributed by atoms with Crippen molar-refractivity contribution in [1.29, 1.82) is 0 Å². The minimum absolute atomic E-state index is 0. The highest BCUT2D eigenvalue weighted by molar-refractivity contribution is 14.0. The van der Waals surface area contributed by atoms with Crippen LogP contribution in [0.5, 0.6) is 0 Å². The van der Waals surface area contributed by atoms with Gasteiger partial charge >= 0.3 is 0 Å². The molecule has 0 spiro atoms. The molecule has 0 aliphatic rings. The topological polar surface area (TPSA) is 58.8 Å². The number of hydrogen-bond donors (Lipinski definition) is 2. The average molecular weight is 353 g/mol. The molecular weight excluding hydrogens is 333 g/mol. The van der Waals surface area contributed by atoms with Gasteiger partial charge in [0, 0.05) is 20.2 Å². The summed E-state index contributed by atoms with van der Waals surface area (Å²) in [5.74, 6) is 1.62. The van der Waals surface area contributed by atoms with Crippen LogP contribution in [0.4, 0.5) is 0 Å². The number of halogens is 1. The lowest BCUT2D eigenvalue weighted by atomic mass is 10.4. The standard InChI is InChI=1S/C11H19N3O2.HI/c1-3-12-11(13-6-8-15-2)14-9-10-5-4-7-16-10;/h4-5,7H,3,6,8-9H2,1-2H3,(H2,12,13,14);1H. The van der Waals surface area contributed by atoms with E-state index in [-0.39, 0.29) is 24.0 Å². The van der Waals surface area contributed by atoms with E-state index in [1.165, 1.54) is 0 Å². The summed E-state index contributed by atoms with van der Waals surface area (Å²) < 4.78 is 10.2. The highest BCUT2D eigenvalue weighted by Gasteiger charge is 1.97. The van der Waals surface area contributed by atoms with Crippen molar-refractivity contribution >= 4 is 29.9 Å². The summed E-state index contributed by atoms with van der Waals surface area (Å²) in [6.45, 7) is 4.79. The number of ether oxygens (including phenoxy) is 1. The van der Waals surface area contributed by atoms with Gasteiger partial charge in [-0.05, 0) is 19.1 Å².